The van der Waals surface area contributed by atoms with Gasteiger partial charge in [0.25, 0.3) is 6.02 Å². The highest BCUT2D eigenvalue weighted by Crippen LogP contribution is 2.51. The van der Waals surface area contributed by atoms with Crippen molar-refractivity contribution in [2.45, 2.75) is 12.5 Å². The van der Waals surface area contributed by atoms with Crippen molar-refractivity contribution in [3.05, 3.63) is 71.4 Å². The van der Waals surface area contributed by atoms with Crippen LogP contribution in [0.15, 0.2) is 59.7 Å². The maximum atomic E-state index is 10.0. The van der Waals surface area contributed by atoms with Crippen LogP contribution in [0.2, 0.25) is 0 Å². The van der Waals surface area contributed by atoms with Crippen molar-refractivity contribution in [3.63, 3.8) is 0 Å². The second-order valence-electron chi connectivity index (χ2n) is 6.82. The van der Waals surface area contributed by atoms with Crippen LogP contribution in [-0.2, 0) is 10.3 Å². The lowest BCUT2D eigenvalue weighted by molar-refractivity contribution is 0.262. The van der Waals surface area contributed by atoms with Gasteiger partial charge in [-0.3, -0.25) is 0 Å². The predicted octanol–water partition coefficient (Wildman–Crippen LogP) is 3.46. The van der Waals surface area contributed by atoms with E-state index >= 15 is 0 Å². The Balaban J connectivity index is 1.73. The van der Waals surface area contributed by atoms with E-state index in [0.29, 0.717) is 17.2 Å². The van der Waals surface area contributed by atoms with Gasteiger partial charge < -0.3 is 20.3 Å². The molecular weight excluding hydrogens is 342 g/mol. The lowest BCUT2D eigenvalue weighted by Gasteiger charge is -2.32. The topological polar surface area (TPSA) is 90.0 Å². The molecular formula is C21H17N3O3. The van der Waals surface area contributed by atoms with Gasteiger partial charge >= 0.3 is 0 Å². The Bertz CT molecular complexity index is 1090. The van der Waals surface area contributed by atoms with Gasteiger partial charge in [-0.25, -0.2) is 9.98 Å². The molecule has 2 aromatic carbocycles. The van der Waals surface area contributed by atoms with Crippen molar-refractivity contribution < 1.29 is 14.6 Å². The highest BCUT2D eigenvalue weighted by molar-refractivity contribution is 5.77. The van der Waals surface area contributed by atoms with Crippen molar-refractivity contribution in [1.29, 1.82) is 0 Å². The first-order chi connectivity index (χ1) is 13.0. The summed E-state index contributed by atoms with van der Waals surface area (Å²) in [5.74, 6) is 1.17. The SMILES string of the molecule is Cc1ccc(-c2cnc3c(c2)[C@]2(COC(N)=N2)c2cc(O)ccc2O3)cc1. The maximum absolute atomic E-state index is 10.0. The molecule has 6 heteroatoms. The fraction of sp³-hybridized carbons (Fsp3) is 0.143. The maximum Gasteiger partial charge on any atom is 0.283 e. The average molecular weight is 359 g/mol. The highest BCUT2D eigenvalue weighted by atomic mass is 16.5. The van der Waals surface area contributed by atoms with Crippen molar-refractivity contribution in [1.82, 2.24) is 4.98 Å². The van der Waals surface area contributed by atoms with E-state index in [-0.39, 0.29) is 18.4 Å². The zero-order valence-electron chi connectivity index (χ0n) is 14.6. The largest absolute Gasteiger partial charge is 0.508 e. The fourth-order valence-electron chi connectivity index (χ4n) is 3.62. The molecule has 3 heterocycles. The minimum atomic E-state index is -0.889. The Kier molecular flexibility index (Phi) is 3.18. The van der Waals surface area contributed by atoms with E-state index in [4.69, 9.17) is 15.2 Å². The first-order valence-corrected chi connectivity index (χ1v) is 8.62. The number of phenolic OH excluding ortho intramolecular Hbond substituents is 1. The third-order valence-electron chi connectivity index (χ3n) is 5.03. The lowest BCUT2D eigenvalue weighted by Crippen LogP contribution is -2.31. The number of hydrogen-bond acceptors (Lipinski definition) is 6. The van der Waals surface area contributed by atoms with Gasteiger partial charge in [0, 0.05) is 17.3 Å². The van der Waals surface area contributed by atoms with Crippen LogP contribution in [0.25, 0.3) is 11.1 Å². The Morgan fingerprint density at radius 1 is 1.04 bits per heavy atom. The summed E-state index contributed by atoms with van der Waals surface area (Å²) in [5.41, 5.74) is 9.62. The van der Waals surface area contributed by atoms with Crippen LogP contribution in [0.5, 0.6) is 17.4 Å². The molecule has 1 aromatic heterocycles. The van der Waals surface area contributed by atoms with E-state index in [9.17, 15) is 5.11 Å². The third kappa shape index (κ3) is 2.33. The van der Waals surface area contributed by atoms with Gasteiger partial charge in [-0.2, -0.15) is 0 Å². The number of hydrogen-bond donors (Lipinski definition) is 2. The van der Waals surface area contributed by atoms with Crippen molar-refractivity contribution in [3.8, 4) is 28.5 Å². The summed E-state index contributed by atoms with van der Waals surface area (Å²) in [4.78, 5) is 9.13. The Morgan fingerprint density at radius 3 is 2.59 bits per heavy atom. The number of pyridine rings is 1. The lowest BCUT2D eigenvalue weighted by atomic mass is 9.81. The quantitative estimate of drug-likeness (QED) is 0.694. The molecule has 6 nitrogen and oxygen atoms in total. The van der Waals surface area contributed by atoms with E-state index < -0.39 is 5.54 Å². The number of aromatic hydroxyl groups is 1. The number of aromatic nitrogens is 1. The minimum Gasteiger partial charge on any atom is -0.508 e. The molecule has 1 spiro atoms. The van der Waals surface area contributed by atoms with Crippen molar-refractivity contribution in [2.75, 3.05) is 6.61 Å². The summed E-state index contributed by atoms with van der Waals surface area (Å²) in [6, 6.07) is 15.3. The van der Waals surface area contributed by atoms with Crippen LogP contribution in [0.1, 0.15) is 16.7 Å². The summed E-state index contributed by atoms with van der Waals surface area (Å²) in [7, 11) is 0. The summed E-state index contributed by atoms with van der Waals surface area (Å²) < 4.78 is 11.5. The summed E-state index contributed by atoms with van der Waals surface area (Å²) in [6.45, 7) is 2.28. The summed E-state index contributed by atoms with van der Waals surface area (Å²) in [6.07, 6.45) is 1.78. The number of ether oxygens (including phenoxy) is 2. The van der Waals surface area contributed by atoms with E-state index in [0.717, 1.165) is 16.7 Å². The molecule has 0 amide bonds. The molecule has 2 aliphatic rings. The zero-order valence-corrected chi connectivity index (χ0v) is 14.6. The van der Waals surface area contributed by atoms with Crippen molar-refractivity contribution in [2.24, 2.45) is 10.7 Å². The number of nitrogens with zero attached hydrogens (tertiary/aromatic N) is 2. The fourth-order valence-corrected chi connectivity index (χ4v) is 3.62. The first kappa shape index (κ1) is 15.7. The minimum absolute atomic E-state index is 0.109. The summed E-state index contributed by atoms with van der Waals surface area (Å²) in [5, 5.41) is 10.0. The van der Waals surface area contributed by atoms with Gasteiger partial charge in [-0.05, 0) is 36.8 Å². The number of benzene rings is 2. The van der Waals surface area contributed by atoms with Crippen LogP contribution >= 0.6 is 0 Å². The third-order valence-corrected chi connectivity index (χ3v) is 5.03. The second-order valence-corrected chi connectivity index (χ2v) is 6.82. The molecule has 1 atom stereocenters. The van der Waals surface area contributed by atoms with Crippen LogP contribution in [-0.4, -0.2) is 22.7 Å². The molecule has 0 aliphatic carbocycles. The van der Waals surface area contributed by atoms with Gasteiger partial charge in [0.1, 0.15) is 18.1 Å². The molecule has 0 unspecified atom stereocenters. The molecule has 2 aliphatic heterocycles. The Morgan fingerprint density at radius 2 is 1.85 bits per heavy atom. The standard InChI is InChI=1S/C21H17N3O3/c1-12-2-4-13(5-3-12)14-8-17-19(23-10-14)27-18-7-6-15(25)9-16(18)21(17)11-26-20(22)24-21/h2-10,25H,11H2,1H3,(H2,22,24)/t21-/m0/s1. The monoisotopic (exact) mass is 359 g/mol. The van der Waals surface area contributed by atoms with Crippen LogP contribution < -0.4 is 10.5 Å². The van der Waals surface area contributed by atoms with Gasteiger partial charge in [0.15, 0.2) is 5.54 Å². The molecule has 0 bridgehead atoms. The Labute approximate surface area is 155 Å². The molecule has 0 saturated carbocycles. The van der Waals surface area contributed by atoms with E-state index in [2.05, 4.69) is 41.2 Å². The summed E-state index contributed by atoms with van der Waals surface area (Å²) >= 11 is 0. The van der Waals surface area contributed by atoms with Crippen LogP contribution in [0, 0.1) is 6.92 Å². The first-order valence-electron chi connectivity index (χ1n) is 8.62. The molecule has 27 heavy (non-hydrogen) atoms. The molecule has 0 fully saturated rings. The number of aliphatic imine (C=N–C) groups is 1. The highest BCUT2D eigenvalue weighted by Gasteiger charge is 2.47. The number of rotatable bonds is 1. The van der Waals surface area contributed by atoms with E-state index in [1.807, 2.05) is 6.07 Å². The van der Waals surface area contributed by atoms with Crippen LogP contribution in [0.3, 0.4) is 0 Å². The predicted molar refractivity (Wildman–Crippen MR) is 101 cm³/mol. The second kappa shape index (κ2) is 5.48. The zero-order chi connectivity index (χ0) is 18.6. The molecule has 134 valence electrons. The average Bonchev–Trinajstić information content (AvgIpc) is 3.06. The van der Waals surface area contributed by atoms with E-state index in [1.54, 1.807) is 24.4 Å². The normalized spacial score (nSPS) is 19.7. The van der Waals surface area contributed by atoms with Gasteiger partial charge in [0.05, 0.1) is 5.56 Å². The van der Waals surface area contributed by atoms with Crippen LogP contribution in [0.4, 0.5) is 0 Å². The Hall–Kier alpha value is -3.54. The molecule has 3 N–H and O–H groups in total. The van der Waals surface area contributed by atoms with Gasteiger partial charge in [-0.1, -0.05) is 29.8 Å². The smallest absolute Gasteiger partial charge is 0.283 e. The van der Waals surface area contributed by atoms with E-state index in [1.165, 1.54) is 5.56 Å². The van der Waals surface area contributed by atoms with Gasteiger partial charge in [-0.15, -0.1) is 0 Å². The molecule has 0 saturated heterocycles. The number of aryl methyl sites for hydroxylation is 1. The molecule has 5 rings (SSSR count). The number of amidine groups is 1. The number of phenols is 1. The van der Waals surface area contributed by atoms with Gasteiger partial charge in [0.2, 0.25) is 5.88 Å². The number of fused-ring (bicyclic) bond motifs is 4. The molecule has 3 aromatic rings. The van der Waals surface area contributed by atoms with Crippen molar-refractivity contribution >= 4 is 6.02 Å². The number of nitrogens with two attached hydrogens (primary N) is 1. The molecule has 0 radical (unpaired) electrons.